The van der Waals surface area contributed by atoms with Crippen molar-refractivity contribution in [2.24, 2.45) is 0 Å². The van der Waals surface area contributed by atoms with Crippen LogP contribution < -0.4 is 15.4 Å². The second kappa shape index (κ2) is 20.8. The zero-order valence-corrected chi connectivity index (χ0v) is 26.8. The molecule has 0 saturated carbocycles. The molecule has 0 radical (unpaired) electrons. The molecule has 0 aliphatic heterocycles. The highest BCUT2D eigenvalue weighted by Crippen LogP contribution is 2.30. The zero-order chi connectivity index (χ0) is 32.1. The van der Waals surface area contributed by atoms with E-state index in [0.717, 1.165) is 12.8 Å². The molecule has 3 rings (SSSR count). The number of benzene rings is 3. The van der Waals surface area contributed by atoms with Crippen LogP contribution in [0, 0.1) is 0 Å². The summed E-state index contributed by atoms with van der Waals surface area (Å²) in [6, 6.07) is 19.9. The number of carbonyl (C=O) groups is 3. The van der Waals surface area contributed by atoms with Crippen LogP contribution in [0.2, 0.25) is 0 Å². The first-order valence-electron chi connectivity index (χ1n) is 16.8. The number of anilines is 2. The molecule has 242 valence electrons. The fraction of sp³-hybridized carbons (Fsp3) is 0.447. The van der Waals surface area contributed by atoms with E-state index in [9.17, 15) is 19.5 Å². The Morgan fingerprint density at radius 2 is 1.20 bits per heavy atom. The molecule has 3 aromatic rings. The summed E-state index contributed by atoms with van der Waals surface area (Å²) in [6.07, 6.45) is 19.9. The summed E-state index contributed by atoms with van der Waals surface area (Å²) in [6.45, 7) is 2.26. The first-order chi connectivity index (χ1) is 22.0. The van der Waals surface area contributed by atoms with Crippen LogP contribution in [0.1, 0.15) is 130 Å². The highest BCUT2D eigenvalue weighted by Gasteiger charge is 2.12. The van der Waals surface area contributed by atoms with Crippen LogP contribution in [-0.4, -0.2) is 22.9 Å². The largest absolute Gasteiger partial charge is 0.478 e. The Kier molecular flexibility index (Phi) is 16.3. The average molecular weight is 615 g/mol. The number of para-hydroxylation sites is 2. The number of unbranched alkanes of at least 4 members (excludes halogenated alkanes) is 14. The van der Waals surface area contributed by atoms with Crippen molar-refractivity contribution < 1.29 is 24.2 Å². The average Bonchev–Trinajstić information content (AvgIpc) is 3.04. The van der Waals surface area contributed by atoms with E-state index < -0.39 is 5.97 Å². The van der Waals surface area contributed by atoms with Crippen LogP contribution in [0.3, 0.4) is 0 Å². The molecular formula is C38H50N2O5. The summed E-state index contributed by atoms with van der Waals surface area (Å²) in [4.78, 5) is 36.6. The van der Waals surface area contributed by atoms with Gasteiger partial charge in [-0.2, -0.15) is 0 Å². The highest BCUT2D eigenvalue weighted by atomic mass is 16.5. The van der Waals surface area contributed by atoms with Gasteiger partial charge in [0.1, 0.15) is 5.75 Å². The summed E-state index contributed by atoms with van der Waals surface area (Å²) < 4.78 is 5.87. The summed E-state index contributed by atoms with van der Waals surface area (Å²) in [5.41, 5.74) is 1.64. The second-order valence-electron chi connectivity index (χ2n) is 11.7. The van der Waals surface area contributed by atoms with Crippen LogP contribution in [0.5, 0.6) is 11.5 Å². The first kappa shape index (κ1) is 35.4. The Morgan fingerprint density at radius 1 is 0.622 bits per heavy atom. The third-order valence-corrected chi connectivity index (χ3v) is 7.88. The van der Waals surface area contributed by atoms with E-state index in [1.807, 2.05) is 0 Å². The van der Waals surface area contributed by atoms with Gasteiger partial charge in [-0.3, -0.25) is 9.59 Å². The van der Waals surface area contributed by atoms with Crippen molar-refractivity contribution in [1.82, 2.24) is 0 Å². The molecule has 45 heavy (non-hydrogen) atoms. The van der Waals surface area contributed by atoms with Gasteiger partial charge in [0.25, 0.3) is 5.91 Å². The fourth-order valence-electron chi connectivity index (χ4n) is 5.26. The number of hydrogen-bond donors (Lipinski definition) is 3. The number of ether oxygens (including phenoxy) is 1. The number of carboxylic acids is 1. The molecule has 0 heterocycles. The number of carbonyl (C=O) groups excluding carboxylic acids is 2. The van der Waals surface area contributed by atoms with E-state index in [-0.39, 0.29) is 17.4 Å². The lowest BCUT2D eigenvalue weighted by molar-refractivity contribution is -0.116. The van der Waals surface area contributed by atoms with E-state index in [0.29, 0.717) is 34.9 Å². The van der Waals surface area contributed by atoms with Crippen molar-refractivity contribution in [2.45, 2.75) is 110 Å². The fourth-order valence-corrected chi connectivity index (χ4v) is 5.26. The molecule has 0 atom stereocenters. The molecule has 3 aromatic carbocycles. The van der Waals surface area contributed by atoms with Crippen molar-refractivity contribution in [2.75, 3.05) is 10.6 Å². The van der Waals surface area contributed by atoms with E-state index in [2.05, 4.69) is 17.6 Å². The molecule has 0 aliphatic carbocycles. The van der Waals surface area contributed by atoms with Crippen LogP contribution in [0.15, 0.2) is 72.8 Å². The smallest absolute Gasteiger partial charge is 0.335 e. The lowest BCUT2D eigenvalue weighted by Gasteiger charge is -2.13. The van der Waals surface area contributed by atoms with E-state index >= 15 is 0 Å². The van der Waals surface area contributed by atoms with Crippen LogP contribution >= 0.6 is 0 Å². The lowest BCUT2D eigenvalue weighted by Crippen LogP contribution is -2.14. The molecule has 0 saturated heterocycles. The summed E-state index contributed by atoms with van der Waals surface area (Å²) in [5.74, 6) is -0.662. The second-order valence-corrected chi connectivity index (χ2v) is 11.7. The molecule has 0 spiro atoms. The van der Waals surface area contributed by atoms with E-state index in [1.54, 1.807) is 60.7 Å². The normalized spacial score (nSPS) is 10.8. The quantitative estimate of drug-likeness (QED) is 0.0977. The van der Waals surface area contributed by atoms with Gasteiger partial charge in [-0.25, -0.2) is 4.79 Å². The van der Waals surface area contributed by atoms with Crippen molar-refractivity contribution >= 4 is 29.2 Å². The molecule has 0 aromatic heterocycles. The van der Waals surface area contributed by atoms with Gasteiger partial charge in [-0.05, 0) is 61.0 Å². The number of carboxylic acid groups (broad SMARTS) is 1. The third-order valence-electron chi connectivity index (χ3n) is 7.88. The van der Waals surface area contributed by atoms with E-state index in [4.69, 9.17) is 4.74 Å². The maximum atomic E-state index is 12.9. The van der Waals surface area contributed by atoms with Gasteiger partial charge in [0.05, 0.1) is 11.3 Å². The molecule has 0 fully saturated rings. The zero-order valence-electron chi connectivity index (χ0n) is 26.8. The molecule has 0 bridgehead atoms. The summed E-state index contributed by atoms with van der Waals surface area (Å²) in [5, 5.41) is 15.0. The van der Waals surface area contributed by atoms with Gasteiger partial charge < -0.3 is 20.5 Å². The molecular weight excluding hydrogens is 564 g/mol. The minimum Gasteiger partial charge on any atom is -0.478 e. The Morgan fingerprint density at radius 3 is 1.80 bits per heavy atom. The van der Waals surface area contributed by atoms with Gasteiger partial charge in [0.2, 0.25) is 5.91 Å². The number of rotatable bonds is 22. The maximum Gasteiger partial charge on any atom is 0.335 e. The monoisotopic (exact) mass is 614 g/mol. The highest BCUT2D eigenvalue weighted by molar-refractivity contribution is 6.05. The minimum atomic E-state index is -1.05. The summed E-state index contributed by atoms with van der Waals surface area (Å²) >= 11 is 0. The minimum absolute atomic E-state index is 0.0139. The van der Waals surface area contributed by atoms with Gasteiger partial charge in [-0.1, -0.05) is 115 Å². The predicted octanol–water partition coefficient (Wildman–Crippen LogP) is 10.6. The Bertz CT molecular complexity index is 1320. The van der Waals surface area contributed by atoms with Crippen molar-refractivity contribution in [3.63, 3.8) is 0 Å². The topological polar surface area (TPSA) is 105 Å². The molecule has 7 nitrogen and oxygen atoms in total. The molecule has 0 aliphatic rings. The molecule has 7 heteroatoms. The van der Waals surface area contributed by atoms with Crippen molar-refractivity contribution in [1.29, 1.82) is 0 Å². The van der Waals surface area contributed by atoms with Crippen LogP contribution in [0.4, 0.5) is 11.4 Å². The predicted molar refractivity (Wildman–Crippen MR) is 182 cm³/mol. The standard InChI is InChI=1S/C38H50N2O5/c1-2-3-4-5-6-7-8-9-10-11-12-13-14-15-16-24-36(41)39-32-27-25-30(26-28-32)37(42)40-34-22-17-18-23-35(34)45-33-21-19-20-31(29-33)38(43)44/h17-23,25-29H,2-16,24H2,1H3,(H,39,41)(H,40,42)(H,43,44). The van der Waals surface area contributed by atoms with Crippen molar-refractivity contribution in [3.05, 3.63) is 83.9 Å². The van der Waals surface area contributed by atoms with Gasteiger partial charge in [0.15, 0.2) is 5.75 Å². The molecule has 3 N–H and O–H groups in total. The van der Waals surface area contributed by atoms with E-state index in [1.165, 1.54) is 95.6 Å². The number of nitrogens with one attached hydrogen (secondary N) is 2. The van der Waals surface area contributed by atoms with Crippen molar-refractivity contribution in [3.8, 4) is 11.5 Å². The third kappa shape index (κ3) is 14.0. The number of hydrogen-bond acceptors (Lipinski definition) is 4. The molecule has 2 amide bonds. The SMILES string of the molecule is CCCCCCCCCCCCCCCCCC(=O)Nc1ccc(C(=O)Nc2ccccc2Oc2cccc(C(=O)O)c2)cc1. The van der Waals surface area contributed by atoms with Gasteiger partial charge in [0, 0.05) is 17.7 Å². The Hall–Kier alpha value is -4.13. The maximum absolute atomic E-state index is 12.9. The van der Waals surface area contributed by atoms with Gasteiger partial charge in [-0.15, -0.1) is 0 Å². The first-order valence-corrected chi connectivity index (χ1v) is 16.8. The summed E-state index contributed by atoms with van der Waals surface area (Å²) in [7, 11) is 0. The number of aromatic carboxylic acids is 1. The lowest BCUT2D eigenvalue weighted by atomic mass is 10.0. The van der Waals surface area contributed by atoms with Gasteiger partial charge >= 0.3 is 5.97 Å². The van der Waals surface area contributed by atoms with Crippen LogP contribution in [-0.2, 0) is 4.79 Å². The number of amides is 2. The Balaban J connectivity index is 1.30. The Labute approximate surface area is 268 Å². The van der Waals surface area contributed by atoms with Crippen LogP contribution in [0.25, 0.3) is 0 Å². The molecule has 0 unspecified atom stereocenters.